The lowest BCUT2D eigenvalue weighted by atomic mass is 10.1. The van der Waals surface area contributed by atoms with Gasteiger partial charge in [-0.2, -0.15) is 0 Å². The summed E-state index contributed by atoms with van der Waals surface area (Å²) < 4.78 is 5.55. The number of nitrogens with zero attached hydrogens (tertiary/aromatic N) is 2. The van der Waals surface area contributed by atoms with E-state index in [1.54, 1.807) is 0 Å². The van der Waals surface area contributed by atoms with Gasteiger partial charge in [-0.25, -0.2) is 4.98 Å². The van der Waals surface area contributed by atoms with E-state index in [1.165, 1.54) is 5.56 Å². The largest absolute Gasteiger partial charge is 0.478 e. The molecule has 90 valence electrons. The molecule has 0 aromatic carbocycles. The maximum absolute atomic E-state index is 5.55. The summed E-state index contributed by atoms with van der Waals surface area (Å²) in [7, 11) is 4.13. The van der Waals surface area contributed by atoms with E-state index in [1.807, 2.05) is 12.3 Å². The van der Waals surface area contributed by atoms with Crippen molar-refractivity contribution in [2.75, 3.05) is 27.2 Å². The van der Waals surface area contributed by atoms with Crippen molar-refractivity contribution in [3.63, 3.8) is 0 Å². The Morgan fingerprint density at radius 2 is 2.06 bits per heavy atom. The van der Waals surface area contributed by atoms with Crippen LogP contribution in [-0.4, -0.2) is 37.1 Å². The molecule has 0 aliphatic heterocycles. The Morgan fingerprint density at radius 1 is 1.31 bits per heavy atom. The van der Waals surface area contributed by atoms with Gasteiger partial charge in [0.1, 0.15) is 0 Å². The molecule has 0 saturated carbocycles. The third-order valence-corrected chi connectivity index (χ3v) is 2.43. The van der Waals surface area contributed by atoms with E-state index in [0.29, 0.717) is 5.92 Å². The van der Waals surface area contributed by atoms with Gasteiger partial charge in [-0.15, -0.1) is 0 Å². The first-order valence-electron chi connectivity index (χ1n) is 5.83. The van der Waals surface area contributed by atoms with Crippen LogP contribution in [0.25, 0.3) is 0 Å². The molecule has 16 heavy (non-hydrogen) atoms. The molecule has 0 aliphatic rings. The summed E-state index contributed by atoms with van der Waals surface area (Å²) in [4.78, 5) is 6.43. The second-order valence-corrected chi connectivity index (χ2v) is 4.59. The first kappa shape index (κ1) is 13.0. The summed E-state index contributed by atoms with van der Waals surface area (Å²) in [5, 5.41) is 0. The summed E-state index contributed by atoms with van der Waals surface area (Å²) in [6.45, 7) is 6.10. The monoisotopic (exact) mass is 222 g/mol. The lowest BCUT2D eigenvalue weighted by Gasteiger charge is -2.10. The minimum atomic E-state index is 0.523. The van der Waals surface area contributed by atoms with Crippen LogP contribution >= 0.6 is 0 Å². The second kappa shape index (κ2) is 6.48. The molecule has 0 saturated heterocycles. The van der Waals surface area contributed by atoms with Gasteiger partial charge in [-0.3, -0.25) is 0 Å². The van der Waals surface area contributed by atoms with E-state index < -0.39 is 0 Å². The zero-order valence-corrected chi connectivity index (χ0v) is 10.7. The fourth-order valence-corrected chi connectivity index (χ4v) is 1.38. The summed E-state index contributed by atoms with van der Waals surface area (Å²) in [5.41, 5.74) is 1.25. The molecule has 0 N–H and O–H groups in total. The van der Waals surface area contributed by atoms with Crippen LogP contribution in [0.1, 0.15) is 31.7 Å². The van der Waals surface area contributed by atoms with Gasteiger partial charge in [0, 0.05) is 18.8 Å². The van der Waals surface area contributed by atoms with Crippen LogP contribution in [0.2, 0.25) is 0 Å². The first-order valence-corrected chi connectivity index (χ1v) is 5.83. The molecule has 3 heteroatoms. The molecule has 3 nitrogen and oxygen atoms in total. The molecular weight excluding hydrogens is 200 g/mol. The maximum Gasteiger partial charge on any atom is 0.213 e. The molecule has 0 radical (unpaired) electrons. The Balaban J connectivity index is 2.32. The zero-order chi connectivity index (χ0) is 12.0. The van der Waals surface area contributed by atoms with Gasteiger partial charge in [0.2, 0.25) is 5.88 Å². The van der Waals surface area contributed by atoms with E-state index >= 15 is 0 Å². The summed E-state index contributed by atoms with van der Waals surface area (Å²) in [5.74, 6) is 1.25. The van der Waals surface area contributed by atoms with E-state index in [9.17, 15) is 0 Å². The Bertz CT molecular complexity index is 293. The SMILES string of the molecule is CC(C)c1ccc(OCCCN(C)C)nc1. The molecule has 1 aromatic heterocycles. The lowest BCUT2D eigenvalue weighted by Crippen LogP contribution is -2.15. The molecule has 0 unspecified atom stereocenters. The highest BCUT2D eigenvalue weighted by atomic mass is 16.5. The van der Waals surface area contributed by atoms with Crippen LogP contribution in [0, 0.1) is 0 Å². The minimum absolute atomic E-state index is 0.523. The van der Waals surface area contributed by atoms with Crippen molar-refractivity contribution in [2.45, 2.75) is 26.2 Å². The Morgan fingerprint density at radius 3 is 2.56 bits per heavy atom. The van der Waals surface area contributed by atoms with Gasteiger partial charge in [0.25, 0.3) is 0 Å². The Kier molecular flexibility index (Phi) is 5.26. The van der Waals surface area contributed by atoms with Crippen LogP contribution in [0.5, 0.6) is 5.88 Å². The molecule has 1 rings (SSSR count). The average molecular weight is 222 g/mol. The lowest BCUT2D eigenvalue weighted by molar-refractivity contribution is 0.273. The number of hydrogen-bond donors (Lipinski definition) is 0. The molecule has 0 bridgehead atoms. The molecule has 0 aliphatic carbocycles. The smallest absolute Gasteiger partial charge is 0.213 e. The molecular formula is C13H22N2O. The first-order chi connectivity index (χ1) is 7.59. The van der Waals surface area contributed by atoms with Crippen molar-refractivity contribution in [2.24, 2.45) is 0 Å². The van der Waals surface area contributed by atoms with Gasteiger partial charge >= 0.3 is 0 Å². The third kappa shape index (κ3) is 4.62. The fourth-order valence-electron chi connectivity index (χ4n) is 1.38. The average Bonchev–Trinajstić information content (AvgIpc) is 2.25. The highest BCUT2D eigenvalue weighted by Crippen LogP contribution is 2.15. The van der Waals surface area contributed by atoms with Gasteiger partial charge in [0.15, 0.2) is 0 Å². The number of ether oxygens (including phenoxy) is 1. The van der Waals surface area contributed by atoms with Crippen molar-refractivity contribution in [1.82, 2.24) is 9.88 Å². The van der Waals surface area contributed by atoms with Crippen LogP contribution in [0.4, 0.5) is 0 Å². The molecule has 1 aromatic rings. The topological polar surface area (TPSA) is 25.4 Å². The summed E-state index contributed by atoms with van der Waals surface area (Å²) >= 11 is 0. The highest BCUT2D eigenvalue weighted by molar-refractivity contribution is 5.20. The van der Waals surface area contributed by atoms with E-state index in [4.69, 9.17) is 4.74 Å². The van der Waals surface area contributed by atoms with Crippen LogP contribution < -0.4 is 4.74 Å². The Labute approximate surface area is 98.4 Å². The van der Waals surface area contributed by atoms with Crippen molar-refractivity contribution < 1.29 is 4.74 Å². The van der Waals surface area contributed by atoms with Gasteiger partial charge < -0.3 is 9.64 Å². The minimum Gasteiger partial charge on any atom is -0.478 e. The van der Waals surface area contributed by atoms with Gasteiger partial charge in [0.05, 0.1) is 6.61 Å². The normalized spacial score (nSPS) is 11.1. The predicted molar refractivity (Wildman–Crippen MR) is 67.0 cm³/mol. The van der Waals surface area contributed by atoms with Crippen molar-refractivity contribution in [3.05, 3.63) is 23.9 Å². The number of pyridine rings is 1. The maximum atomic E-state index is 5.55. The van der Waals surface area contributed by atoms with Crippen molar-refractivity contribution >= 4 is 0 Å². The highest BCUT2D eigenvalue weighted by Gasteiger charge is 2.00. The second-order valence-electron chi connectivity index (χ2n) is 4.59. The Hall–Kier alpha value is -1.09. The third-order valence-electron chi connectivity index (χ3n) is 2.43. The summed E-state index contributed by atoms with van der Waals surface area (Å²) in [6, 6.07) is 4.03. The van der Waals surface area contributed by atoms with E-state index in [-0.39, 0.29) is 0 Å². The van der Waals surface area contributed by atoms with Crippen LogP contribution in [-0.2, 0) is 0 Å². The van der Waals surface area contributed by atoms with Gasteiger partial charge in [-0.05, 0) is 32.0 Å². The quantitative estimate of drug-likeness (QED) is 0.692. The number of aromatic nitrogens is 1. The molecule has 0 fully saturated rings. The van der Waals surface area contributed by atoms with E-state index in [0.717, 1.165) is 25.5 Å². The van der Waals surface area contributed by atoms with Crippen molar-refractivity contribution in [1.29, 1.82) is 0 Å². The van der Waals surface area contributed by atoms with E-state index in [2.05, 4.69) is 43.9 Å². The van der Waals surface area contributed by atoms with Gasteiger partial charge in [-0.1, -0.05) is 19.9 Å². The predicted octanol–water partition coefficient (Wildman–Crippen LogP) is 2.54. The zero-order valence-electron chi connectivity index (χ0n) is 10.7. The molecule has 0 atom stereocenters. The molecule has 0 amide bonds. The summed E-state index contributed by atoms with van der Waals surface area (Å²) in [6.07, 6.45) is 2.92. The molecule has 1 heterocycles. The fraction of sp³-hybridized carbons (Fsp3) is 0.615. The van der Waals surface area contributed by atoms with Crippen molar-refractivity contribution in [3.8, 4) is 5.88 Å². The number of hydrogen-bond acceptors (Lipinski definition) is 3. The standard InChI is InChI=1S/C13H22N2O/c1-11(2)12-6-7-13(14-10-12)16-9-5-8-15(3)4/h6-7,10-11H,5,8-9H2,1-4H3. The number of rotatable bonds is 6. The molecule has 0 spiro atoms. The van der Waals surface area contributed by atoms with Crippen LogP contribution in [0.3, 0.4) is 0 Å². The van der Waals surface area contributed by atoms with Crippen LogP contribution in [0.15, 0.2) is 18.3 Å².